The minimum absolute atomic E-state index is 0.00781. The first-order valence-corrected chi connectivity index (χ1v) is 11.0. The van der Waals surface area contributed by atoms with Crippen molar-refractivity contribution in [2.75, 3.05) is 20.2 Å². The summed E-state index contributed by atoms with van der Waals surface area (Å²) in [5, 5.41) is 14.8. The van der Waals surface area contributed by atoms with Crippen LogP contribution in [0.25, 0.3) is 0 Å². The molecular weight excluding hydrogens is 460 g/mol. The molecule has 194 valence electrons. The molecule has 1 aromatic carbocycles. The molecule has 0 radical (unpaired) electrons. The third-order valence-electron chi connectivity index (χ3n) is 4.67. The van der Waals surface area contributed by atoms with Crippen molar-refractivity contribution >= 4 is 29.8 Å². The summed E-state index contributed by atoms with van der Waals surface area (Å²) in [5.41, 5.74) is 4.65. The lowest BCUT2D eigenvalue weighted by Gasteiger charge is -2.33. The normalized spacial score (nSPS) is 12.6. The molecule has 0 aliphatic rings. The number of carbonyl (C=O) groups is 5. The molecule has 12 nitrogen and oxygen atoms in total. The lowest BCUT2D eigenvalue weighted by Crippen LogP contribution is -2.53. The minimum atomic E-state index is -1.28. The van der Waals surface area contributed by atoms with Crippen molar-refractivity contribution in [3.8, 4) is 5.75 Å². The van der Waals surface area contributed by atoms with Gasteiger partial charge in [-0.2, -0.15) is 0 Å². The zero-order valence-electron chi connectivity index (χ0n) is 20.6. The maximum absolute atomic E-state index is 13.6. The average Bonchev–Trinajstić information content (AvgIpc) is 2.76. The highest BCUT2D eigenvalue weighted by molar-refractivity contribution is 5.93. The predicted octanol–water partition coefficient (Wildman–Crippen LogP) is 0.730. The smallest absolute Gasteiger partial charge is 0.408 e. The van der Waals surface area contributed by atoms with Gasteiger partial charge in [-0.1, -0.05) is 12.1 Å². The third-order valence-corrected chi connectivity index (χ3v) is 4.67. The zero-order chi connectivity index (χ0) is 26.8. The van der Waals surface area contributed by atoms with Crippen LogP contribution in [0.3, 0.4) is 0 Å². The van der Waals surface area contributed by atoms with Crippen molar-refractivity contribution < 1.29 is 38.6 Å². The van der Waals surface area contributed by atoms with Gasteiger partial charge in [-0.25, -0.2) is 4.79 Å². The molecule has 0 saturated heterocycles. The molecule has 2 atom stereocenters. The second-order valence-corrected chi connectivity index (χ2v) is 8.62. The van der Waals surface area contributed by atoms with Crippen molar-refractivity contribution in [2.45, 2.75) is 58.2 Å². The van der Waals surface area contributed by atoms with E-state index in [1.165, 1.54) is 24.3 Å². The quantitative estimate of drug-likeness (QED) is 0.325. The topological polar surface area (TPSA) is 177 Å². The van der Waals surface area contributed by atoms with Gasteiger partial charge in [0.15, 0.2) is 0 Å². The van der Waals surface area contributed by atoms with Gasteiger partial charge in [0, 0.05) is 13.0 Å². The second-order valence-electron chi connectivity index (χ2n) is 8.62. The molecule has 0 aliphatic heterocycles. The van der Waals surface area contributed by atoms with Crippen molar-refractivity contribution in [1.29, 1.82) is 0 Å². The number of esters is 1. The summed E-state index contributed by atoms with van der Waals surface area (Å²) in [6.45, 7) is 6.11. The highest BCUT2D eigenvalue weighted by atomic mass is 16.6. The number of phenolic OH excluding ortho intramolecular Hbond substituents is 1. The Kier molecular flexibility index (Phi) is 11.0. The Labute approximate surface area is 204 Å². The third kappa shape index (κ3) is 9.90. The van der Waals surface area contributed by atoms with Gasteiger partial charge < -0.3 is 35.8 Å². The van der Waals surface area contributed by atoms with E-state index in [1.807, 2.05) is 0 Å². The van der Waals surface area contributed by atoms with Gasteiger partial charge in [-0.15, -0.1) is 0 Å². The van der Waals surface area contributed by atoms with Crippen LogP contribution in [0.1, 0.15) is 52.1 Å². The van der Waals surface area contributed by atoms with Crippen molar-refractivity contribution in [1.82, 2.24) is 15.5 Å². The first-order valence-electron chi connectivity index (χ1n) is 11.0. The molecule has 0 heterocycles. The number of primary amides is 1. The summed E-state index contributed by atoms with van der Waals surface area (Å²) in [5.74, 6) is -2.94. The number of nitrogens with zero attached hydrogens (tertiary/aromatic N) is 1. The van der Waals surface area contributed by atoms with E-state index < -0.39 is 54.0 Å². The number of nitrogens with two attached hydrogens (primary N) is 1. The van der Waals surface area contributed by atoms with Crippen LogP contribution < -0.4 is 16.4 Å². The molecule has 1 rings (SSSR count). The molecule has 1 aromatic rings. The molecule has 0 saturated carbocycles. The Balaban J connectivity index is 3.35. The number of alkyl carbamates (subject to hydrolysis) is 1. The maximum atomic E-state index is 13.6. The van der Waals surface area contributed by atoms with E-state index in [2.05, 4.69) is 15.4 Å². The van der Waals surface area contributed by atoms with E-state index in [1.54, 1.807) is 27.7 Å². The van der Waals surface area contributed by atoms with Gasteiger partial charge in [-0.05, 0) is 51.8 Å². The standard InChI is InChI=1S/C23H34N4O8/c1-6-27(21(32)16(10-11-17(24)29)26-22(33)35-23(2,3)4)19(14-8-7-9-15(28)12-14)20(31)25-13-18(30)34-5/h7-9,12,16,19,28H,6,10-11,13H2,1-5H3,(H2,24,29)(H,25,31)(H,26,33). The van der Waals surface area contributed by atoms with Crippen molar-refractivity contribution in [2.24, 2.45) is 5.73 Å². The molecule has 12 heteroatoms. The fourth-order valence-electron chi connectivity index (χ4n) is 3.16. The van der Waals surface area contributed by atoms with Gasteiger partial charge in [0.05, 0.1) is 7.11 Å². The Morgan fingerprint density at radius 3 is 2.34 bits per heavy atom. The molecule has 35 heavy (non-hydrogen) atoms. The number of benzene rings is 1. The Morgan fingerprint density at radius 1 is 1.17 bits per heavy atom. The fourth-order valence-corrected chi connectivity index (χ4v) is 3.16. The summed E-state index contributed by atoms with van der Waals surface area (Å²) in [6, 6.07) is 3.19. The number of ether oxygens (including phenoxy) is 2. The number of phenols is 1. The molecular formula is C23H34N4O8. The van der Waals surface area contributed by atoms with E-state index in [9.17, 15) is 29.1 Å². The summed E-state index contributed by atoms with van der Waals surface area (Å²) in [6.07, 6.45) is -1.24. The summed E-state index contributed by atoms with van der Waals surface area (Å²) >= 11 is 0. The zero-order valence-corrected chi connectivity index (χ0v) is 20.6. The lowest BCUT2D eigenvalue weighted by atomic mass is 10.0. The van der Waals surface area contributed by atoms with Crippen molar-refractivity contribution in [3.05, 3.63) is 29.8 Å². The van der Waals surface area contributed by atoms with E-state index >= 15 is 0 Å². The SMILES string of the molecule is CCN(C(=O)C(CCC(N)=O)NC(=O)OC(C)(C)C)C(C(=O)NCC(=O)OC)c1cccc(O)c1. The highest BCUT2D eigenvalue weighted by Crippen LogP contribution is 2.25. The molecule has 0 fully saturated rings. The Bertz CT molecular complexity index is 928. The molecule has 0 bridgehead atoms. The summed E-state index contributed by atoms with van der Waals surface area (Å²) in [7, 11) is 1.16. The Morgan fingerprint density at radius 2 is 1.83 bits per heavy atom. The van der Waals surface area contributed by atoms with Crippen LogP contribution in [-0.2, 0) is 28.7 Å². The largest absolute Gasteiger partial charge is 0.508 e. The first kappa shape index (κ1) is 29.2. The van der Waals surface area contributed by atoms with E-state index in [0.29, 0.717) is 0 Å². The number of methoxy groups -OCH3 is 1. The predicted molar refractivity (Wildman–Crippen MR) is 125 cm³/mol. The van der Waals surface area contributed by atoms with Crippen LogP contribution in [0.4, 0.5) is 4.79 Å². The number of rotatable bonds is 11. The molecule has 0 aliphatic carbocycles. The fraction of sp³-hybridized carbons (Fsp3) is 0.522. The van der Waals surface area contributed by atoms with Crippen LogP contribution in [0, 0.1) is 0 Å². The van der Waals surface area contributed by atoms with Crippen LogP contribution in [0.15, 0.2) is 24.3 Å². The molecule has 0 aromatic heterocycles. The second kappa shape index (κ2) is 13.2. The van der Waals surface area contributed by atoms with Gasteiger partial charge in [-0.3, -0.25) is 19.2 Å². The lowest BCUT2D eigenvalue weighted by molar-refractivity contribution is -0.144. The van der Waals surface area contributed by atoms with Gasteiger partial charge in [0.25, 0.3) is 0 Å². The maximum Gasteiger partial charge on any atom is 0.408 e. The van der Waals surface area contributed by atoms with Crippen molar-refractivity contribution in [3.63, 3.8) is 0 Å². The van der Waals surface area contributed by atoms with Crippen LogP contribution in [-0.4, -0.2) is 71.6 Å². The molecule has 4 amide bonds. The van der Waals surface area contributed by atoms with Crippen LogP contribution in [0.5, 0.6) is 5.75 Å². The number of carbonyl (C=O) groups excluding carboxylic acids is 5. The number of nitrogens with one attached hydrogen (secondary N) is 2. The number of hydrogen-bond acceptors (Lipinski definition) is 8. The number of aromatic hydroxyl groups is 1. The number of amides is 4. The van der Waals surface area contributed by atoms with Gasteiger partial charge in [0.2, 0.25) is 17.7 Å². The summed E-state index contributed by atoms with van der Waals surface area (Å²) in [4.78, 5) is 63.1. The van der Waals surface area contributed by atoms with Crippen LogP contribution in [0.2, 0.25) is 0 Å². The van der Waals surface area contributed by atoms with E-state index in [4.69, 9.17) is 10.5 Å². The van der Waals surface area contributed by atoms with Gasteiger partial charge >= 0.3 is 12.1 Å². The van der Waals surface area contributed by atoms with E-state index in [0.717, 1.165) is 12.0 Å². The summed E-state index contributed by atoms with van der Waals surface area (Å²) < 4.78 is 9.76. The average molecular weight is 495 g/mol. The first-order chi connectivity index (χ1) is 16.3. The van der Waals surface area contributed by atoms with Crippen LogP contribution >= 0.6 is 0 Å². The molecule has 2 unspecified atom stereocenters. The molecule has 5 N–H and O–H groups in total. The van der Waals surface area contributed by atoms with Gasteiger partial charge in [0.1, 0.15) is 30.0 Å². The minimum Gasteiger partial charge on any atom is -0.508 e. The molecule has 0 spiro atoms. The monoisotopic (exact) mass is 494 g/mol. The highest BCUT2D eigenvalue weighted by Gasteiger charge is 2.35. The van der Waals surface area contributed by atoms with E-state index in [-0.39, 0.29) is 30.7 Å². The number of hydrogen-bond donors (Lipinski definition) is 4. The number of likely N-dealkylation sites (N-methyl/N-ethyl adjacent to an activating group) is 1. The Hall–Kier alpha value is -3.83.